The number of aliphatic hydroxyl groups is 1. The molecule has 31 heavy (non-hydrogen) atoms. The van der Waals surface area contributed by atoms with Crippen molar-refractivity contribution in [1.82, 2.24) is 14.1 Å². The predicted molar refractivity (Wildman–Crippen MR) is 112 cm³/mol. The van der Waals surface area contributed by atoms with Crippen molar-refractivity contribution in [1.29, 1.82) is 0 Å². The Balaban J connectivity index is 1.69. The number of esters is 1. The molecule has 1 unspecified atom stereocenters. The van der Waals surface area contributed by atoms with E-state index in [1.807, 2.05) is 6.92 Å². The first kappa shape index (κ1) is 22.9. The molecule has 1 aliphatic rings. The third-order valence-electron chi connectivity index (χ3n) is 5.21. The van der Waals surface area contributed by atoms with Gasteiger partial charge in [0.05, 0.1) is 16.7 Å². The molecule has 2 atom stereocenters. The summed E-state index contributed by atoms with van der Waals surface area (Å²) < 4.78 is 33.7. The van der Waals surface area contributed by atoms with Crippen molar-refractivity contribution in [3.8, 4) is 0 Å². The third kappa shape index (κ3) is 4.94. The maximum absolute atomic E-state index is 13.1. The summed E-state index contributed by atoms with van der Waals surface area (Å²) >= 11 is 0. The number of aromatic nitrogens is 2. The Labute approximate surface area is 180 Å². The van der Waals surface area contributed by atoms with E-state index in [4.69, 9.17) is 4.74 Å². The number of rotatable bonds is 6. The van der Waals surface area contributed by atoms with E-state index in [0.29, 0.717) is 11.5 Å². The molecular formula is C20H26N4O6S. The highest BCUT2D eigenvalue weighted by atomic mass is 32.2. The molecule has 1 aliphatic heterocycles. The second-order valence-electron chi connectivity index (χ2n) is 7.68. The smallest absolute Gasteiger partial charge is 0.325 e. The Morgan fingerprint density at radius 3 is 2.55 bits per heavy atom. The van der Waals surface area contributed by atoms with Gasteiger partial charge in [0.1, 0.15) is 11.9 Å². The molecule has 168 valence electrons. The fourth-order valence-electron chi connectivity index (χ4n) is 3.41. The molecule has 2 aromatic rings. The van der Waals surface area contributed by atoms with Gasteiger partial charge >= 0.3 is 5.97 Å². The van der Waals surface area contributed by atoms with Crippen LogP contribution >= 0.6 is 0 Å². The van der Waals surface area contributed by atoms with Crippen LogP contribution in [0.15, 0.2) is 29.2 Å². The summed E-state index contributed by atoms with van der Waals surface area (Å²) in [7, 11) is -2.38. The molecule has 0 radical (unpaired) electrons. The van der Waals surface area contributed by atoms with Gasteiger partial charge in [0.25, 0.3) is 5.91 Å². The Morgan fingerprint density at radius 1 is 1.23 bits per heavy atom. The van der Waals surface area contributed by atoms with Crippen molar-refractivity contribution in [3.63, 3.8) is 0 Å². The van der Waals surface area contributed by atoms with Crippen molar-refractivity contribution in [2.75, 3.05) is 18.5 Å². The van der Waals surface area contributed by atoms with E-state index in [2.05, 4.69) is 10.4 Å². The molecule has 0 saturated carbocycles. The Kier molecular flexibility index (Phi) is 6.48. The fourth-order valence-corrected chi connectivity index (χ4v) is 5.13. The molecule has 1 fully saturated rings. The van der Waals surface area contributed by atoms with Crippen molar-refractivity contribution < 1.29 is 27.9 Å². The van der Waals surface area contributed by atoms with Crippen LogP contribution in [0.4, 0.5) is 5.82 Å². The zero-order chi connectivity index (χ0) is 22.9. The SMILES string of the molecule is Cc1cc(NC(=O)COC(=O)[C@@H]2CC(O)CN2S(=O)(=O)c2ccc(C)c(C)c2)n(C)n1. The number of carbonyl (C=O) groups excluding carboxylic acids is 2. The highest BCUT2D eigenvalue weighted by Gasteiger charge is 2.44. The molecule has 0 spiro atoms. The molecule has 1 aromatic heterocycles. The maximum Gasteiger partial charge on any atom is 0.325 e. The molecule has 1 aromatic carbocycles. The molecule has 2 N–H and O–H groups in total. The molecule has 1 saturated heterocycles. The third-order valence-corrected chi connectivity index (χ3v) is 7.08. The average molecular weight is 451 g/mol. The Bertz CT molecular complexity index is 1110. The van der Waals surface area contributed by atoms with Crippen LogP contribution < -0.4 is 5.32 Å². The molecule has 1 amide bonds. The van der Waals surface area contributed by atoms with Gasteiger partial charge in [0, 0.05) is 26.1 Å². The first-order valence-corrected chi connectivity index (χ1v) is 11.2. The number of anilines is 1. The zero-order valence-corrected chi connectivity index (χ0v) is 18.6. The number of carbonyl (C=O) groups is 2. The molecule has 0 bridgehead atoms. The lowest BCUT2D eigenvalue weighted by Crippen LogP contribution is -2.42. The summed E-state index contributed by atoms with van der Waals surface area (Å²) in [6.07, 6.45) is -1.11. The summed E-state index contributed by atoms with van der Waals surface area (Å²) in [5.74, 6) is -1.03. The second kappa shape index (κ2) is 8.77. The molecule has 3 rings (SSSR count). The van der Waals surface area contributed by atoms with E-state index in [1.165, 1.54) is 16.8 Å². The minimum Gasteiger partial charge on any atom is -0.454 e. The van der Waals surface area contributed by atoms with Crippen LogP contribution in [-0.4, -0.2) is 64.8 Å². The van der Waals surface area contributed by atoms with Crippen molar-refractivity contribution in [2.24, 2.45) is 7.05 Å². The van der Waals surface area contributed by atoms with Gasteiger partial charge in [-0.1, -0.05) is 6.07 Å². The number of nitrogens with one attached hydrogen (secondary N) is 1. The van der Waals surface area contributed by atoms with Gasteiger partial charge in [-0.2, -0.15) is 9.40 Å². The van der Waals surface area contributed by atoms with Gasteiger partial charge < -0.3 is 15.2 Å². The largest absolute Gasteiger partial charge is 0.454 e. The first-order valence-electron chi connectivity index (χ1n) is 9.73. The number of β-amino-alcohol motifs (C(OH)–C–C–N with tert-alkyl or cyclic N) is 1. The van der Waals surface area contributed by atoms with Crippen LogP contribution in [0.5, 0.6) is 0 Å². The van der Waals surface area contributed by atoms with Crippen LogP contribution in [0.25, 0.3) is 0 Å². The van der Waals surface area contributed by atoms with Crippen LogP contribution in [0.3, 0.4) is 0 Å². The number of hydrogen-bond donors (Lipinski definition) is 2. The van der Waals surface area contributed by atoms with Crippen molar-refractivity contribution >= 4 is 27.7 Å². The normalized spacial score (nSPS) is 19.4. The van der Waals surface area contributed by atoms with E-state index < -0.39 is 40.7 Å². The van der Waals surface area contributed by atoms with Crippen LogP contribution in [0, 0.1) is 20.8 Å². The van der Waals surface area contributed by atoms with Gasteiger partial charge in [-0.05, 0) is 44.0 Å². The van der Waals surface area contributed by atoms with Gasteiger partial charge in [-0.3, -0.25) is 14.3 Å². The minimum absolute atomic E-state index is 0.0341. The van der Waals surface area contributed by atoms with Crippen molar-refractivity contribution in [2.45, 2.75) is 44.2 Å². The lowest BCUT2D eigenvalue weighted by molar-refractivity contribution is -0.150. The summed E-state index contributed by atoms with van der Waals surface area (Å²) in [4.78, 5) is 24.7. The Hall–Kier alpha value is -2.76. The number of aryl methyl sites for hydroxylation is 4. The van der Waals surface area contributed by atoms with E-state index in [1.54, 1.807) is 33.0 Å². The lowest BCUT2D eigenvalue weighted by atomic mass is 10.1. The van der Waals surface area contributed by atoms with Gasteiger partial charge in [-0.15, -0.1) is 0 Å². The molecule has 0 aliphatic carbocycles. The van der Waals surface area contributed by atoms with Gasteiger partial charge in [0.2, 0.25) is 10.0 Å². The summed E-state index contributed by atoms with van der Waals surface area (Å²) in [5, 5.41) is 16.7. The summed E-state index contributed by atoms with van der Waals surface area (Å²) in [6, 6.07) is 5.13. The van der Waals surface area contributed by atoms with Crippen LogP contribution in [-0.2, 0) is 31.4 Å². The van der Waals surface area contributed by atoms with Gasteiger partial charge in [0.15, 0.2) is 6.61 Å². The number of nitrogens with zero attached hydrogens (tertiary/aromatic N) is 3. The lowest BCUT2D eigenvalue weighted by Gasteiger charge is -2.22. The molecule has 10 nitrogen and oxygen atoms in total. The van der Waals surface area contributed by atoms with E-state index in [0.717, 1.165) is 15.4 Å². The Morgan fingerprint density at radius 2 is 1.94 bits per heavy atom. The number of amides is 1. The highest BCUT2D eigenvalue weighted by molar-refractivity contribution is 7.89. The number of benzene rings is 1. The van der Waals surface area contributed by atoms with E-state index >= 15 is 0 Å². The maximum atomic E-state index is 13.1. The monoisotopic (exact) mass is 450 g/mol. The average Bonchev–Trinajstić information content (AvgIpc) is 3.24. The predicted octanol–water partition coefficient (Wildman–Crippen LogP) is 0.651. The standard InChI is InChI=1S/C20H26N4O6S/c1-12-5-6-16(7-13(12)2)31(28,29)24-10-15(25)9-17(24)20(27)30-11-19(26)21-18-8-14(3)22-23(18)4/h5-8,15,17,25H,9-11H2,1-4H3,(H,21,26)/t15?,17-/m0/s1. The molecule has 11 heteroatoms. The topological polar surface area (TPSA) is 131 Å². The van der Waals surface area contributed by atoms with E-state index in [9.17, 15) is 23.1 Å². The van der Waals surface area contributed by atoms with E-state index in [-0.39, 0.29) is 17.9 Å². The molecular weight excluding hydrogens is 424 g/mol. The van der Waals surface area contributed by atoms with Gasteiger partial charge in [-0.25, -0.2) is 8.42 Å². The minimum atomic E-state index is -4.03. The quantitative estimate of drug-likeness (QED) is 0.618. The second-order valence-corrected chi connectivity index (χ2v) is 9.57. The van der Waals surface area contributed by atoms with Crippen LogP contribution in [0.1, 0.15) is 23.2 Å². The summed E-state index contributed by atoms with van der Waals surface area (Å²) in [5.41, 5.74) is 2.44. The van der Waals surface area contributed by atoms with Crippen LogP contribution in [0.2, 0.25) is 0 Å². The number of sulfonamides is 1. The number of ether oxygens (including phenoxy) is 1. The number of aliphatic hydroxyl groups excluding tert-OH is 1. The first-order chi connectivity index (χ1) is 14.5. The zero-order valence-electron chi connectivity index (χ0n) is 17.8. The molecule has 2 heterocycles. The van der Waals surface area contributed by atoms with Crippen molar-refractivity contribution in [3.05, 3.63) is 41.1 Å². The number of hydrogen-bond acceptors (Lipinski definition) is 7. The highest BCUT2D eigenvalue weighted by Crippen LogP contribution is 2.28. The fraction of sp³-hybridized carbons (Fsp3) is 0.450. The summed E-state index contributed by atoms with van der Waals surface area (Å²) in [6.45, 7) is 4.61.